The highest BCUT2D eigenvalue weighted by molar-refractivity contribution is 9.10. The van der Waals surface area contributed by atoms with Crippen LogP contribution in [0.4, 0.5) is 10.1 Å². The van der Waals surface area contributed by atoms with Crippen molar-refractivity contribution < 1.29 is 9.18 Å². The quantitative estimate of drug-likeness (QED) is 0.624. The smallest absolute Gasteiger partial charge is 0.266 e. The molecule has 2 aromatic carbocycles. The molecule has 0 radical (unpaired) electrons. The molecule has 2 rings (SSSR count). The van der Waals surface area contributed by atoms with Crippen LogP contribution in [-0.4, -0.2) is 5.91 Å². The highest BCUT2D eigenvalue weighted by atomic mass is 79.9. The monoisotopic (exact) mass is 372 g/mol. The van der Waals surface area contributed by atoms with Gasteiger partial charge in [0.2, 0.25) is 0 Å². The summed E-state index contributed by atoms with van der Waals surface area (Å²) in [5.41, 5.74) is 2.74. The number of rotatable bonds is 3. The molecule has 23 heavy (non-hydrogen) atoms. The summed E-state index contributed by atoms with van der Waals surface area (Å²) in [5, 5.41) is 11.8. The minimum atomic E-state index is -0.574. The zero-order valence-electron chi connectivity index (χ0n) is 12.7. The standard InChI is InChI=1S/C18H14BrFN2O/c1-11-3-5-16(7-12(11)2)22-18(23)14(10-21)8-13-9-15(19)4-6-17(13)20/h3-9H,1-2H3,(H,22,23)/b14-8+. The molecular formula is C18H14BrFN2O. The largest absolute Gasteiger partial charge is 0.321 e. The highest BCUT2D eigenvalue weighted by Crippen LogP contribution is 2.19. The first-order valence-corrected chi connectivity index (χ1v) is 7.65. The zero-order valence-corrected chi connectivity index (χ0v) is 14.2. The fourth-order valence-electron chi connectivity index (χ4n) is 1.95. The molecule has 0 bridgehead atoms. The summed E-state index contributed by atoms with van der Waals surface area (Å²) in [4.78, 5) is 12.2. The Kier molecular flexibility index (Phi) is 5.30. The number of amides is 1. The highest BCUT2D eigenvalue weighted by Gasteiger charge is 2.11. The number of hydrogen-bond acceptors (Lipinski definition) is 2. The summed E-state index contributed by atoms with van der Waals surface area (Å²) < 4.78 is 14.4. The van der Waals surface area contributed by atoms with E-state index in [0.29, 0.717) is 10.2 Å². The number of hydrogen-bond donors (Lipinski definition) is 1. The molecule has 2 aromatic rings. The molecule has 1 amide bonds. The lowest BCUT2D eigenvalue weighted by Gasteiger charge is -2.07. The van der Waals surface area contributed by atoms with Crippen LogP contribution in [0.1, 0.15) is 16.7 Å². The van der Waals surface area contributed by atoms with Crippen molar-refractivity contribution in [2.75, 3.05) is 5.32 Å². The minimum Gasteiger partial charge on any atom is -0.321 e. The summed E-state index contributed by atoms with van der Waals surface area (Å²) in [7, 11) is 0. The van der Waals surface area contributed by atoms with Crippen molar-refractivity contribution in [3.05, 3.63) is 69.0 Å². The normalized spacial score (nSPS) is 11.0. The van der Waals surface area contributed by atoms with E-state index in [1.54, 1.807) is 12.1 Å². The molecule has 116 valence electrons. The number of nitrogens with zero attached hydrogens (tertiary/aromatic N) is 1. The van der Waals surface area contributed by atoms with Gasteiger partial charge in [0.15, 0.2) is 0 Å². The van der Waals surface area contributed by atoms with Crippen LogP contribution < -0.4 is 5.32 Å². The maximum Gasteiger partial charge on any atom is 0.266 e. The van der Waals surface area contributed by atoms with Crippen LogP contribution >= 0.6 is 15.9 Å². The maximum atomic E-state index is 13.7. The molecule has 0 unspecified atom stereocenters. The number of aryl methyl sites for hydroxylation is 2. The first-order valence-electron chi connectivity index (χ1n) is 6.86. The summed E-state index contributed by atoms with van der Waals surface area (Å²) >= 11 is 3.23. The number of benzene rings is 2. The Morgan fingerprint density at radius 2 is 1.96 bits per heavy atom. The van der Waals surface area contributed by atoms with Gasteiger partial charge in [-0.1, -0.05) is 22.0 Å². The molecule has 0 heterocycles. The van der Waals surface area contributed by atoms with Gasteiger partial charge >= 0.3 is 0 Å². The summed E-state index contributed by atoms with van der Waals surface area (Å²) in [5.74, 6) is -1.07. The number of nitrogens with one attached hydrogen (secondary N) is 1. The van der Waals surface area contributed by atoms with Crippen molar-refractivity contribution >= 4 is 33.6 Å². The van der Waals surface area contributed by atoms with E-state index in [2.05, 4.69) is 21.2 Å². The van der Waals surface area contributed by atoms with E-state index < -0.39 is 11.7 Å². The second-order valence-corrected chi connectivity index (χ2v) is 6.00. The van der Waals surface area contributed by atoms with Crippen LogP contribution in [0.3, 0.4) is 0 Å². The van der Waals surface area contributed by atoms with E-state index in [9.17, 15) is 14.4 Å². The fraction of sp³-hybridized carbons (Fsp3) is 0.111. The maximum absolute atomic E-state index is 13.7. The predicted octanol–water partition coefficient (Wildman–Crippen LogP) is 4.75. The van der Waals surface area contributed by atoms with Crippen LogP contribution in [0.25, 0.3) is 6.08 Å². The molecule has 0 saturated heterocycles. The van der Waals surface area contributed by atoms with Crippen LogP contribution in [0.2, 0.25) is 0 Å². The average Bonchev–Trinajstić information content (AvgIpc) is 2.51. The van der Waals surface area contributed by atoms with Crippen molar-refractivity contribution in [2.45, 2.75) is 13.8 Å². The van der Waals surface area contributed by atoms with Gasteiger partial charge in [0.1, 0.15) is 17.5 Å². The fourth-order valence-corrected chi connectivity index (χ4v) is 2.33. The van der Waals surface area contributed by atoms with E-state index >= 15 is 0 Å². The van der Waals surface area contributed by atoms with E-state index in [-0.39, 0.29) is 11.1 Å². The lowest BCUT2D eigenvalue weighted by molar-refractivity contribution is -0.112. The topological polar surface area (TPSA) is 52.9 Å². The molecule has 5 heteroatoms. The second-order valence-electron chi connectivity index (χ2n) is 5.09. The van der Waals surface area contributed by atoms with Gasteiger partial charge in [-0.15, -0.1) is 0 Å². The Labute approximate surface area is 142 Å². The number of halogens is 2. The Morgan fingerprint density at radius 3 is 2.61 bits per heavy atom. The van der Waals surface area contributed by atoms with E-state index in [1.165, 1.54) is 18.2 Å². The van der Waals surface area contributed by atoms with Crippen molar-refractivity contribution in [1.82, 2.24) is 0 Å². The van der Waals surface area contributed by atoms with E-state index in [1.807, 2.05) is 32.0 Å². The van der Waals surface area contributed by atoms with Gasteiger partial charge in [0.05, 0.1) is 0 Å². The summed E-state index contributed by atoms with van der Waals surface area (Å²) in [6, 6.07) is 11.6. The van der Waals surface area contributed by atoms with Gasteiger partial charge in [0.25, 0.3) is 5.91 Å². The Morgan fingerprint density at radius 1 is 1.22 bits per heavy atom. The molecular weight excluding hydrogens is 359 g/mol. The Balaban J connectivity index is 2.28. The third kappa shape index (κ3) is 4.27. The van der Waals surface area contributed by atoms with Gasteiger partial charge in [-0.25, -0.2) is 4.39 Å². The molecule has 3 nitrogen and oxygen atoms in total. The van der Waals surface area contributed by atoms with Gasteiger partial charge in [-0.05, 0) is 61.4 Å². The first kappa shape index (κ1) is 16.9. The summed E-state index contributed by atoms with van der Waals surface area (Å²) in [6.45, 7) is 3.90. The molecule has 0 atom stereocenters. The van der Waals surface area contributed by atoms with Crippen LogP contribution in [0.5, 0.6) is 0 Å². The number of carbonyl (C=O) groups is 1. The summed E-state index contributed by atoms with van der Waals surface area (Å²) in [6.07, 6.45) is 1.23. The van der Waals surface area contributed by atoms with Crippen LogP contribution in [0.15, 0.2) is 46.4 Å². The predicted molar refractivity (Wildman–Crippen MR) is 92.2 cm³/mol. The molecule has 0 aromatic heterocycles. The molecule has 0 aliphatic heterocycles. The average molecular weight is 373 g/mol. The minimum absolute atomic E-state index is 0.166. The molecule has 0 aliphatic carbocycles. The number of nitriles is 1. The van der Waals surface area contributed by atoms with E-state index in [4.69, 9.17) is 0 Å². The lowest BCUT2D eigenvalue weighted by atomic mass is 10.1. The van der Waals surface area contributed by atoms with Crippen molar-refractivity contribution in [1.29, 1.82) is 5.26 Å². The van der Waals surface area contributed by atoms with Crippen LogP contribution in [-0.2, 0) is 4.79 Å². The van der Waals surface area contributed by atoms with Gasteiger partial charge in [-0.3, -0.25) is 4.79 Å². The molecule has 0 saturated carbocycles. The lowest BCUT2D eigenvalue weighted by Crippen LogP contribution is -2.13. The number of anilines is 1. The molecule has 1 N–H and O–H groups in total. The van der Waals surface area contributed by atoms with Crippen molar-refractivity contribution in [2.24, 2.45) is 0 Å². The zero-order chi connectivity index (χ0) is 17.0. The number of carbonyl (C=O) groups excluding carboxylic acids is 1. The molecule has 0 aliphatic rings. The third-order valence-corrected chi connectivity index (χ3v) is 3.88. The van der Waals surface area contributed by atoms with Crippen LogP contribution in [0, 0.1) is 31.0 Å². The van der Waals surface area contributed by atoms with Gasteiger partial charge < -0.3 is 5.32 Å². The van der Waals surface area contributed by atoms with E-state index in [0.717, 1.165) is 11.1 Å². The molecule has 0 fully saturated rings. The van der Waals surface area contributed by atoms with Crippen molar-refractivity contribution in [3.8, 4) is 6.07 Å². The SMILES string of the molecule is Cc1ccc(NC(=O)/C(C#N)=C/c2cc(Br)ccc2F)cc1C. The van der Waals surface area contributed by atoms with Gasteiger partial charge in [0, 0.05) is 15.7 Å². The second kappa shape index (κ2) is 7.21. The first-order chi connectivity index (χ1) is 10.9. The van der Waals surface area contributed by atoms with Gasteiger partial charge in [-0.2, -0.15) is 5.26 Å². The van der Waals surface area contributed by atoms with Crippen molar-refractivity contribution in [3.63, 3.8) is 0 Å². The molecule has 0 spiro atoms. The Hall–Kier alpha value is -2.45. The third-order valence-electron chi connectivity index (χ3n) is 3.39. The Bertz CT molecular complexity index is 837.